The van der Waals surface area contributed by atoms with E-state index in [1.54, 1.807) is 30.7 Å². The number of aliphatic imine (C=N–C) groups is 1. The molecule has 0 spiro atoms. The summed E-state index contributed by atoms with van der Waals surface area (Å²) in [5.41, 5.74) is 1.80. The Morgan fingerprint density at radius 1 is 1.33 bits per heavy atom. The van der Waals surface area contributed by atoms with E-state index in [-0.39, 0.29) is 5.57 Å². The Morgan fingerprint density at radius 3 is 2.78 bits per heavy atom. The third-order valence-corrected chi connectivity index (χ3v) is 7.36. The number of hydrogen-bond donors (Lipinski definition) is 2. The Balaban J connectivity index is 1.47. The van der Waals surface area contributed by atoms with Crippen molar-refractivity contribution in [1.82, 2.24) is 25.2 Å². The number of pyridine rings is 1. The maximum atomic E-state index is 11.2. The Morgan fingerprint density at radius 2 is 2.14 bits per heavy atom. The molecule has 1 atom stereocenters. The number of carboxylic acid groups (broad SMARTS) is 1. The zero-order valence-corrected chi connectivity index (χ0v) is 21.1. The molecule has 12 heteroatoms. The Hall–Kier alpha value is -3.61. The first kappa shape index (κ1) is 24.1. The summed E-state index contributed by atoms with van der Waals surface area (Å²) < 4.78 is 11.8. The SMILES string of the molecule is COc1ccc(-c2nc(N3CCOCC3)c3sc(CN(C)C4(C)N=CC(C(=O)O)=CN4)cc3n2)cn1. The first-order valence-electron chi connectivity index (χ1n) is 11.5. The highest BCUT2D eigenvalue weighted by Gasteiger charge is 2.30. The van der Waals surface area contributed by atoms with Gasteiger partial charge in [-0.3, -0.25) is 4.90 Å². The number of fused-ring (bicyclic) bond motifs is 1. The number of nitrogens with one attached hydrogen (secondary N) is 1. The average molecular weight is 510 g/mol. The second-order valence-corrected chi connectivity index (χ2v) is 9.81. The Kier molecular flexibility index (Phi) is 6.56. The minimum atomic E-state index is -1.02. The maximum absolute atomic E-state index is 11.2. The van der Waals surface area contributed by atoms with Gasteiger partial charge >= 0.3 is 5.97 Å². The van der Waals surface area contributed by atoms with E-state index in [2.05, 4.69) is 26.3 Å². The summed E-state index contributed by atoms with van der Waals surface area (Å²) in [6.45, 7) is 5.31. The number of aromatic nitrogens is 3. The molecule has 0 radical (unpaired) electrons. The van der Waals surface area contributed by atoms with E-state index in [1.807, 2.05) is 24.9 Å². The van der Waals surface area contributed by atoms with Crippen LogP contribution in [0, 0.1) is 0 Å². The van der Waals surface area contributed by atoms with Crippen molar-refractivity contribution in [2.24, 2.45) is 4.99 Å². The second-order valence-electron chi connectivity index (χ2n) is 8.67. The molecule has 3 aromatic heterocycles. The average Bonchev–Trinajstić information content (AvgIpc) is 3.31. The lowest BCUT2D eigenvalue weighted by atomic mass is 10.2. The summed E-state index contributed by atoms with van der Waals surface area (Å²) in [5.74, 6) is 0.244. The van der Waals surface area contributed by atoms with Crippen LogP contribution in [0.5, 0.6) is 5.88 Å². The van der Waals surface area contributed by atoms with E-state index in [0.717, 1.165) is 39.6 Å². The highest BCUT2D eigenvalue weighted by molar-refractivity contribution is 7.19. The van der Waals surface area contributed by atoms with Gasteiger partial charge in [-0.05, 0) is 26.1 Å². The summed E-state index contributed by atoms with van der Waals surface area (Å²) in [6.07, 6.45) is 4.59. The summed E-state index contributed by atoms with van der Waals surface area (Å²) >= 11 is 1.65. The minimum absolute atomic E-state index is 0.119. The number of rotatable bonds is 7. The molecule has 2 N–H and O–H groups in total. The van der Waals surface area contributed by atoms with Crippen molar-refractivity contribution in [3.05, 3.63) is 41.0 Å². The lowest BCUT2D eigenvalue weighted by Gasteiger charge is -2.37. The summed E-state index contributed by atoms with van der Waals surface area (Å²) in [7, 11) is 3.53. The zero-order valence-electron chi connectivity index (χ0n) is 20.3. The van der Waals surface area contributed by atoms with Gasteiger partial charge in [-0.2, -0.15) is 0 Å². The van der Waals surface area contributed by atoms with E-state index < -0.39 is 11.8 Å². The number of morpholine rings is 1. The number of aliphatic carboxylic acids is 1. The van der Waals surface area contributed by atoms with E-state index in [4.69, 9.17) is 19.4 Å². The molecule has 36 heavy (non-hydrogen) atoms. The molecule has 0 aliphatic carbocycles. The van der Waals surface area contributed by atoms with Crippen molar-refractivity contribution >= 4 is 39.6 Å². The van der Waals surface area contributed by atoms with Gasteiger partial charge in [0.25, 0.3) is 0 Å². The fraction of sp³-hybridized carbons (Fsp3) is 0.375. The van der Waals surface area contributed by atoms with E-state index in [1.165, 1.54) is 12.4 Å². The Bertz CT molecular complexity index is 1330. The minimum Gasteiger partial charge on any atom is -0.481 e. The molecule has 0 saturated carbocycles. The van der Waals surface area contributed by atoms with Gasteiger partial charge in [0.15, 0.2) is 17.4 Å². The quantitative estimate of drug-likeness (QED) is 0.490. The van der Waals surface area contributed by atoms with Crippen molar-refractivity contribution < 1.29 is 19.4 Å². The van der Waals surface area contributed by atoms with Gasteiger partial charge in [0.1, 0.15) is 0 Å². The summed E-state index contributed by atoms with van der Waals surface area (Å²) in [6, 6.07) is 5.79. The van der Waals surface area contributed by atoms with Gasteiger partial charge in [-0.25, -0.2) is 24.7 Å². The molecule has 1 saturated heterocycles. The van der Waals surface area contributed by atoms with Crippen molar-refractivity contribution in [2.75, 3.05) is 45.4 Å². The number of anilines is 1. The van der Waals surface area contributed by atoms with Crippen molar-refractivity contribution in [3.63, 3.8) is 0 Å². The molecule has 188 valence electrons. The monoisotopic (exact) mass is 509 g/mol. The third-order valence-electron chi connectivity index (χ3n) is 6.26. The second kappa shape index (κ2) is 9.80. The number of thiophene rings is 1. The van der Waals surface area contributed by atoms with Gasteiger partial charge in [-0.1, -0.05) is 0 Å². The first-order chi connectivity index (χ1) is 17.4. The molecule has 3 aromatic rings. The number of ether oxygens (including phenoxy) is 2. The van der Waals surface area contributed by atoms with Gasteiger partial charge < -0.3 is 24.8 Å². The maximum Gasteiger partial charge on any atom is 0.338 e. The van der Waals surface area contributed by atoms with Gasteiger partial charge in [0, 0.05) is 54.8 Å². The highest BCUT2D eigenvalue weighted by Crippen LogP contribution is 2.35. The van der Waals surface area contributed by atoms with Crippen LogP contribution in [0.2, 0.25) is 0 Å². The smallest absolute Gasteiger partial charge is 0.338 e. The van der Waals surface area contributed by atoms with E-state index >= 15 is 0 Å². The topological polar surface area (TPSA) is 125 Å². The largest absolute Gasteiger partial charge is 0.481 e. The molecule has 5 heterocycles. The van der Waals surface area contributed by atoms with Crippen molar-refractivity contribution in [2.45, 2.75) is 19.3 Å². The fourth-order valence-electron chi connectivity index (χ4n) is 3.99. The summed E-state index contributed by atoms with van der Waals surface area (Å²) in [5, 5.41) is 12.3. The van der Waals surface area contributed by atoms with Crippen LogP contribution in [0.1, 0.15) is 11.8 Å². The van der Waals surface area contributed by atoms with Crippen LogP contribution in [-0.2, 0) is 16.1 Å². The molecular formula is C24H27N7O4S. The lowest BCUT2D eigenvalue weighted by Crippen LogP contribution is -2.53. The van der Waals surface area contributed by atoms with E-state index in [9.17, 15) is 9.90 Å². The molecule has 1 unspecified atom stereocenters. The third kappa shape index (κ3) is 4.74. The van der Waals surface area contributed by atoms with Crippen LogP contribution in [0.4, 0.5) is 5.82 Å². The number of hydrogen-bond acceptors (Lipinski definition) is 11. The lowest BCUT2D eigenvalue weighted by molar-refractivity contribution is -0.132. The summed E-state index contributed by atoms with van der Waals surface area (Å²) in [4.78, 5) is 35.1. The molecule has 0 amide bonds. The van der Waals surface area contributed by atoms with Crippen molar-refractivity contribution in [1.29, 1.82) is 0 Å². The van der Waals surface area contributed by atoms with Crippen LogP contribution in [0.3, 0.4) is 0 Å². The zero-order chi connectivity index (χ0) is 25.3. The molecule has 5 rings (SSSR count). The molecule has 2 aliphatic heterocycles. The van der Waals surface area contributed by atoms with Crippen molar-refractivity contribution in [3.8, 4) is 17.3 Å². The molecule has 0 bridgehead atoms. The predicted octanol–water partition coefficient (Wildman–Crippen LogP) is 2.35. The predicted molar refractivity (Wildman–Crippen MR) is 137 cm³/mol. The molecular weight excluding hydrogens is 482 g/mol. The number of carboxylic acids is 1. The first-order valence-corrected chi connectivity index (χ1v) is 12.3. The number of carbonyl (C=O) groups is 1. The molecule has 2 aliphatic rings. The van der Waals surface area contributed by atoms with Crippen LogP contribution < -0.4 is 15.0 Å². The van der Waals surface area contributed by atoms with Crippen LogP contribution >= 0.6 is 11.3 Å². The fourth-order valence-corrected chi connectivity index (χ4v) is 5.16. The normalized spacial score (nSPS) is 19.9. The Labute approximate surface area is 212 Å². The van der Waals surface area contributed by atoms with Gasteiger partial charge in [0.05, 0.1) is 36.1 Å². The van der Waals surface area contributed by atoms with Gasteiger partial charge in [-0.15, -0.1) is 11.3 Å². The van der Waals surface area contributed by atoms with Crippen LogP contribution in [0.15, 0.2) is 41.2 Å². The highest BCUT2D eigenvalue weighted by atomic mass is 32.1. The van der Waals surface area contributed by atoms with Gasteiger partial charge in [0.2, 0.25) is 5.88 Å². The molecule has 1 fully saturated rings. The molecule has 11 nitrogen and oxygen atoms in total. The standard InChI is InChI=1S/C24H27N7O4S/c1-24(26-12-16(13-27-24)23(32)33)30(2)14-17-10-18-20(36-17)22(31-6-8-35-9-7-31)29-21(28-18)15-4-5-19(34-3)25-11-15/h4-5,10-13,26H,6-9,14H2,1-3H3,(H,32,33). The van der Waals surface area contributed by atoms with E-state index in [0.29, 0.717) is 31.5 Å². The van der Waals surface area contributed by atoms with Crippen LogP contribution in [0.25, 0.3) is 21.6 Å². The molecule has 0 aromatic carbocycles. The van der Waals surface area contributed by atoms with Crippen LogP contribution in [-0.4, -0.2) is 83.4 Å². The number of methoxy groups -OCH3 is 1. The number of nitrogens with zero attached hydrogens (tertiary/aromatic N) is 6.